The topological polar surface area (TPSA) is 56.7 Å². The molecule has 1 aliphatic heterocycles. The summed E-state index contributed by atoms with van der Waals surface area (Å²) in [5.41, 5.74) is 1.16. The van der Waals surface area contributed by atoms with Gasteiger partial charge in [0.2, 0.25) is 0 Å². The second kappa shape index (κ2) is 5.57. The molecule has 1 N–H and O–H groups in total. The summed E-state index contributed by atoms with van der Waals surface area (Å²) in [7, 11) is 4.17. The van der Waals surface area contributed by atoms with Gasteiger partial charge in [-0.2, -0.15) is 0 Å². The zero-order valence-electron chi connectivity index (χ0n) is 11.8. The first-order valence-corrected chi connectivity index (χ1v) is 6.57. The molecular formula is C14H21N3O2. The number of carboxylic acids is 1. The van der Waals surface area contributed by atoms with Gasteiger partial charge in [0.1, 0.15) is 5.82 Å². The van der Waals surface area contributed by atoms with Crippen LogP contribution in [0.1, 0.15) is 22.3 Å². The van der Waals surface area contributed by atoms with E-state index < -0.39 is 5.97 Å². The summed E-state index contributed by atoms with van der Waals surface area (Å²) in [5, 5.41) is 8.94. The Morgan fingerprint density at radius 1 is 1.63 bits per heavy atom. The van der Waals surface area contributed by atoms with Crippen molar-refractivity contribution in [1.29, 1.82) is 0 Å². The van der Waals surface area contributed by atoms with E-state index in [1.54, 1.807) is 6.07 Å². The van der Waals surface area contributed by atoms with Crippen LogP contribution in [0.5, 0.6) is 0 Å². The minimum absolute atomic E-state index is 0.246. The average molecular weight is 263 g/mol. The second-order valence-corrected chi connectivity index (χ2v) is 5.47. The summed E-state index contributed by atoms with van der Waals surface area (Å²) in [4.78, 5) is 19.7. The molecule has 1 fully saturated rings. The summed E-state index contributed by atoms with van der Waals surface area (Å²) in [6.07, 6.45) is 2.65. The van der Waals surface area contributed by atoms with Crippen LogP contribution in [0.15, 0.2) is 12.3 Å². The minimum atomic E-state index is -0.928. The monoisotopic (exact) mass is 263 g/mol. The first kappa shape index (κ1) is 13.8. The predicted octanol–water partition coefficient (Wildman–Crippen LogP) is 1.48. The number of likely N-dealkylation sites (tertiary alicyclic amines) is 1. The normalized spacial score (nSPS) is 19.6. The zero-order chi connectivity index (χ0) is 14.0. The molecule has 0 aromatic carbocycles. The van der Waals surface area contributed by atoms with Gasteiger partial charge in [-0.1, -0.05) is 0 Å². The van der Waals surface area contributed by atoms with E-state index in [1.165, 1.54) is 12.6 Å². The Balaban J connectivity index is 2.06. The molecule has 0 radical (unpaired) electrons. The van der Waals surface area contributed by atoms with Gasteiger partial charge in [-0.25, -0.2) is 9.78 Å². The Hall–Kier alpha value is -1.62. The van der Waals surface area contributed by atoms with Gasteiger partial charge in [0, 0.05) is 26.3 Å². The number of carboxylic acid groups (broad SMARTS) is 1. The Morgan fingerprint density at radius 3 is 2.89 bits per heavy atom. The lowest BCUT2D eigenvalue weighted by atomic mass is 10.1. The molecule has 1 aromatic rings. The Bertz CT molecular complexity index is 476. The molecule has 19 heavy (non-hydrogen) atoms. The smallest absolute Gasteiger partial charge is 0.337 e. The number of nitrogens with zero attached hydrogens (tertiary/aromatic N) is 3. The highest BCUT2D eigenvalue weighted by Gasteiger charge is 2.21. The summed E-state index contributed by atoms with van der Waals surface area (Å²) in [6.45, 7) is 5.15. The van der Waals surface area contributed by atoms with Crippen LogP contribution in [0.4, 0.5) is 5.82 Å². The maximum atomic E-state index is 10.9. The van der Waals surface area contributed by atoms with E-state index in [1.807, 2.05) is 14.0 Å². The summed E-state index contributed by atoms with van der Waals surface area (Å²) in [5.74, 6) is 0.608. The van der Waals surface area contributed by atoms with Gasteiger partial charge in [-0.15, -0.1) is 0 Å². The first-order valence-electron chi connectivity index (χ1n) is 6.57. The number of rotatable bonds is 4. The van der Waals surface area contributed by atoms with E-state index in [9.17, 15) is 4.79 Å². The molecule has 0 bridgehead atoms. The lowest BCUT2D eigenvalue weighted by molar-refractivity contribution is 0.0696. The van der Waals surface area contributed by atoms with Crippen LogP contribution < -0.4 is 4.90 Å². The molecular weight excluding hydrogens is 242 g/mol. The molecule has 2 rings (SSSR count). The Labute approximate surface area is 113 Å². The van der Waals surface area contributed by atoms with Crippen molar-refractivity contribution in [2.75, 3.05) is 38.6 Å². The summed E-state index contributed by atoms with van der Waals surface area (Å²) in [6, 6.07) is 1.68. The predicted molar refractivity (Wildman–Crippen MR) is 74.8 cm³/mol. The van der Waals surface area contributed by atoms with Crippen LogP contribution in [-0.2, 0) is 0 Å². The fourth-order valence-electron chi connectivity index (χ4n) is 2.73. The van der Waals surface area contributed by atoms with Crippen molar-refractivity contribution in [3.05, 3.63) is 23.4 Å². The fraction of sp³-hybridized carbons (Fsp3) is 0.571. The first-order chi connectivity index (χ1) is 8.97. The van der Waals surface area contributed by atoms with Gasteiger partial charge in [-0.3, -0.25) is 0 Å². The lowest BCUT2D eigenvalue weighted by Gasteiger charge is -2.23. The molecule has 0 aliphatic carbocycles. The lowest BCUT2D eigenvalue weighted by Crippen LogP contribution is -2.28. The number of hydrogen-bond acceptors (Lipinski definition) is 4. The van der Waals surface area contributed by atoms with Gasteiger partial charge < -0.3 is 14.9 Å². The maximum absolute atomic E-state index is 10.9. The van der Waals surface area contributed by atoms with E-state index in [2.05, 4.69) is 21.8 Å². The van der Waals surface area contributed by atoms with Crippen molar-refractivity contribution in [2.24, 2.45) is 5.92 Å². The SMILES string of the molecule is Cc1cc(C(=O)O)cnc1N(C)CC1CCN(C)C1. The number of carbonyl (C=O) groups is 1. The average Bonchev–Trinajstić information content (AvgIpc) is 2.74. The third kappa shape index (κ3) is 3.23. The number of pyridine rings is 1. The minimum Gasteiger partial charge on any atom is -0.478 e. The van der Waals surface area contributed by atoms with Crippen LogP contribution in [0, 0.1) is 12.8 Å². The molecule has 0 spiro atoms. The standard InChI is InChI=1S/C14H21N3O2/c1-10-6-12(14(18)19)7-15-13(10)17(3)9-11-4-5-16(2)8-11/h6-7,11H,4-5,8-9H2,1-3H3,(H,18,19). The number of aryl methyl sites for hydroxylation is 1. The van der Waals surface area contributed by atoms with Gasteiger partial charge >= 0.3 is 5.97 Å². The van der Waals surface area contributed by atoms with E-state index in [0.29, 0.717) is 5.92 Å². The fourth-order valence-corrected chi connectivity index (χ4v) is 2.73. The van der Waals surface area contributed by atoms with Crippen molar-refractivity contribution >= 4 is 11.8 Å². The molecule has 1 aromatic heterocycles. The molecule has 1 saturated heterocycles. The largest absolute Gasteiger partial charge is 0.478 e. The number of aromatic carboxylic acids is 1. The Kier molecular flexibility index (Phi) is 4.04. The van der Waals surface area contributed by atoms with Crippen LogP contribution in [-0.4, -0.2) is 54.7 Å². The highest BCUT2D eigenvalue weighted by molar-refractivity contribution is 5.87. The summed E-state index contributed by atoms with van der Waals surface area (Å²) < 4.78 is 0. The highest BCUT2D eigenvalue weighted by Crippen LogP contribution is 2.21. The van der Waals surface area contributed by atoms with Crippen molar-refractivity contribution in [3.8, 4) is 0 Å². The third-order valence-corrected chi connectivity index (χ3v) is 3.68. The van der Waals surface area contributed by atoms with Gasteiger partial charge in [-0.05, 0) is 44.5 Å². The molecule has 1 aliphatic rings. The van der Waals surface area contributed by atoms with Gasteiger partial charge in [0.25, 0.3) is 0 Å². The molecule has 0 amide bonds. The molecule has 5 nitrogen and oxygen atoms in total. The molecule has 1 atom stereocenters. The molecule has 0 saturated carbocycles. The number of aromatic nitrogens is 1. The van der Waals surface area contributed by atoms with Crippen LogP contribution >= 0.6 is 0 Å². The van der Waals surface area contributed by atoms with Crippen LogP contribution in [0.25, 0.3) is 0 Å². The van der Waals surface area contributed by atoms with Gasteiger partial charge in [0.15, 0.2) is 0 Å². The molecule has 5 heteroatoms. The van der Waals surface area contributed by atoms with Crippen molar-refractivity contribution < 1.29 is 9.90 Å². The van der Waals surface area contributed by atoms with Crippen LogP contribution in [0.3, 0.4) is 0 Å². The third-order valence-electron chi connectivity index (χ3n) is 3.68. The summed E-state index contributed by atoms with van der Waals surface area (Å²) >= 11 is 0. The zero-order valence-corrected chi connectivity index (χ0v) is 11.8. The van der Waals surface area contributed by atoms with E-state index in [-0.39, 0.29) is 5.56 Å². The molecule has 1 unspecified atom stereocenters. The Morgan fingerprint density at radius 2 is 2.37 bits per heavy atom. The van der Waals surface area contributed by atoms with Gasteiger partial charge in [0.05, 0.1) is 5.56 Å². The van der Waals surface area contributed by atoms with E-state index in [4.69, 9.17) is 5.11 Å². The van der Waals surface area contributed by atoms with E-state index in [0.717, 1.165) is 31.0 Å². The van der Waals surface area contributed by atoms with Crippen molar-refractivity contribution in [2.45, 2.75) is 13.3 Å². The number of hydrogen-bond donors (Lipinski definition) is 1. The molecule has 2 heterocycles. The maximum Gasteiger partial charge on any atom is 0.337 e. The number of anilines is 1. The van der Waals surface area contributed by atoms with Crippen molar-refractivity contribution in [3.63, 3.8) is 0 Å². The van der Waals surface area contributed by atoms with Crippen molar-refractivity contribution in [1.82, 2.24) is 9.88 Å². The molecule has 104 valence electrons. The van der Waals surface area contributed by atoms with E-state index >= 15 is 0 Å². The highest BCUT2D eigenvalue weighted by atomic mass is 16.4. The quantitative estimate of drug-likeness (QED) is 0.891. The second-order valence-electron chi connectivity index (χ2n) is 5.47. The van der Waals surface area contributed by atoms with Crippen LogP contribution in [0.2, 0.25) is 0 Å².